The lowest BCUT2D eigenvalue weighted by Crippen LogP contribution is -2.20. The van der Waals surface area contributed by atoms with Crippen LogP contribution in [0.15, 0.2) is 54.9 Å². The Morgan fingerprint density at radius 2 is 2.09 bits per heavy atom. The molecule has 0 aliphatic heterocycles. The molecular weight excluding hydrogens is 292 g/mol. The SMILES string of the molecule is O=C(/C=C\c1cccnc1)NCc1ccc(-c2nn[nH]n2)cc1. The van der Waals surface area contributed by atoms with Crippen molar-refractivity contribution in [1.29, 1.82) is 0 Å². The molecule has 0 atom stereocenters. The Balaban J connectivity index is 1.54. The van der Waals surface area contributed by atoms with Crippen LogP contribution in [0, 0.1) is 0 Å². The van der Waals surface area contributed by atoms with E-state index in [1.807, 2.05) is 36.4 Å². The van der Waals surface area contributed by atoms with E-state index in [9.17, 15) is 4.79 Å². The summed E-state index contributed by atoms with van der Waals surface area (Å²) in [5.41, 5.74) is 2.73. The first kappa shape index (κ1) is 14.6. The topological polar surface area (TPSA) is 96.5 Å². The van der Waals surface area contributed by atoms with Crippen LogP contribution in [0.25, 0.3) is 17.5 Å². The van der Waals surface area contributed by atoms with Crippen LogP contribution >= 0.6 is 0 Å². The second kappa shape index (κ2) is 7.08. The number of nitrogens with one attached hydrogen (secondary N) is 2. The Hall–Kier alpha value is -3.35. The van der Waals surface area contributed by atoms with Gasteiger partial charge in [0, 0.05) is 30.6 Å². The molecule has 2 heterocycles. The lowest BCUT2D eigenvalue weighted by Gasteiger charge is -2.03. The van der Waals surface area contributed by atoms with Gasteiger partial charge in [-0.2, -0.15) is 5.21 Å². The first-order chi connectivity index (χ1) is 11.3. The van der Waals surface area contributed by atoms with Crippen LogP contribution in [-0.2, 0) is 11.3 Å². The van der Waals surface area contributed by atoms with Crippen LogP contribution in [-0.4, -0.2) is 31.5 Å². The van der Waals surface area contributed by atoms with E-state index in [-0.39, 0.29) is 5.91 Å². The second-order valence-corrected chi connectivity index (χ2v) is 4.77. The Morgan fingerprint density at radius 1 is 1.22 bits per heavy atom. The number of hydrogen-bond acceptors (Lipinski definition) is 5. The number of amides is 1. The van der Waals surface area contributed by atoms with Crippen LogP contribution in [0.4, 0.5) is 0 Å². The van der Waals surface area contributed by atoms with E-state index in [2.05, 4.69) is 30.9 Å². The fourth-order valence-electron chi connectivity index (χ4n) is 1.95. The first-order valence-electron chi connectivity index (χ1n) is 7.00. The van der Waals surface area contributed by atoms with Gasteiger partial charge in [0.05, 0.1) is 0 Å². The van der Waals surface area contributed by atoms with E-state index in [4.69, 9.17) is 0 Å². The predicted molar refractivity (Wildman–Crippen MR) is 84.7 cm³/mol. The molecule has 3 aromatic rings. The van der Waals surface area contributed by atoms with E-state index in [0.29, 0.717) is 12.4 Å². The maximum atomic E-state index is 11.8. The van der Waals surface area contributed by atoms with Gasteiger partial charge in [0.2, 0.25) is 11.7 Å². The molecule has 7 heteroatoms. The maximum absolute atomic E-state index is 11.8. The van der Waals surface area contributed by atoms with Crippen LogP contribution < -0.4 is 5.32 Å². The van der Waals surface area contributed by atoms with Gasteiger partial charge in [-0.3, -0.25) is 9.78 Å². The van der Waals surface area contributed by atoms with Gasteiger partial charge < -0.3 is 5.32 Å². The normalized spacial score (nSPS) is 10.8. The van der Waals surface area contributed by atoms with Gasteiger partial charge >= 0.3 is 0 Å². The van der Waals surface area contributed by atoms with E-state index in [1.54, 1.807) is 18.5 Å². The maximum Gasteiger partial charge on any atom is 0.244 e. The Morgan fingerprint density at radius 3 is 2.78 bits per heavy atom. The minimum atomic E-state index is -0.156. The molecule has 0 saturated carbocycles. The van der Waals surface area contributed by atoms with E-state index >= 15 is 0 Å². The van der Waals surface area contributed by atoms with Gasteiger partial charge in [-0.15, -0.1) is 10.2 Å². The van der Waals surface area contributed by atoms with Gasteiger partial charge in [-0.25, -0.2) is 0 Å². The molecule has 2 aromatic heterocycles. The van der Waals surface area contributed by atoms with Crippen molar-refractivity contribution >= 4 is 12.0 Å². The molecule has 0 spiro atoms. The van der Waals surface area contributed by atoms with Gasteiger partial charge in [0.1, 0.15) is 0 Å². The van der Waals surface area contributed by atoms with Crippen molar-refractivity contribution in [3.8, 4) is 11.4 Å². The molecule has 7 nitrogen and oxygen atoms in total. The summed E-state index contributed by atoms with van der Waals surface area (Å²) in [5, 5.41) is 16.6. The summed E-state index contributed by atoms with van der Waals surface area (Å²) >= 11 is 0. The number of hydrogen-bond donors (Lipinski definition) is 2. The van der Waals surface area contributed by atoms with E-state index in [0.717, 1.165) is 16.7 Å². The second-order valence-electron chi connectivity index (χ2n) is 4.77. The summed E-state index contributed by atoms with van der Waals surface area (Å²) < 4.78 is 0. The molecule has 0 fully saturated rings. The van der Waals surface area contributed by atoms with Crippen LogP contribution in [0.3, 0.4) is 0 Å². The third-order valence-corrected chi connectivity index (χ3v) is 3.14. The van der Waals surface area contributed by atoms with Crippen LogP contribution in [0.5, 0.6) is 0 Å². The molecule has 0 bridgehead atoms. The van der Waals surface area contributed by atoms with Crippen molar-refractivity contribution in [2.45, 2.75) is 6.54 Å². The summed E-state index contributed by atoms with van der Waals surface area (Å²) in [4.78, 5) is 15.8. The van der Waals surface area contributed by atoms with Crippen molar-refractivity contribution in [1.82, 2.24) is 30.9 Å². The van der Waals surface area contributed by atoms with Gasteiger partial charge in [0.25, 0.3) is 0 Å². The van der Waals surface area contributed by atoms with Crippen molar-refractivity contribution < 1.29 is 4.79 Å². The zero-order chi connectivity index (χ0) is 15.9. The Kier molecular flexibility index (Phi) is 4.49. The predicted octanol–water partition coefficient (Wildman–Crippen LogP) is 1.59. The largest absolute Gasteiger partial charge is 0.348 e. The average Bonchev–Trinajstić information content (AvgIpc) is 3.14. The van der Waals surface area contributed by atoms with Gasteiger partial charge in [-0.05, 0) is 28.5 Å². The molecular formula is C16H14N6O. The number of carbonyl (C=O) groups is 1. The Labute approximate surface area is 132 Å². The molecule has 1 aromatic carbocycles. The van der Waals surface area contributed by atoms with Gasteiger partial charge in [0.15, 0.2) is 0 Å². The highest BCUT2D eigenvalue weighted by Crippen LogP contribution is 2.13. The fourth-order valence-corrected chi connectivity index (χ4v) is 1.95. The number of H-pyrrole nitrogens is 1. The third kappa shape index (κ3) is 4.07. The average molecular weight is 306 g/mol. The van der Waals surface area contributed by atoms with Crippen molar-refractivity contribution in [3.63, 3.8) is 0 Å². The number of benzene rings is 1. The lowest BCUT2D eigenvalue weighted by atomic mass is 10.1. The Bertz CT molecular complexity index is 781. The van der Waals surface area contributed by atoms with E-state index < -0.39 is 0 Å². The molecule has 0 saturated heterocycles. The number of tetrazole rings is 1. The molecule has 3 rings (SSSR count). The minimum Gasteiger partial charge on any atom is -0.348 e. The van der Waals surface area contributed by atoms with Crippen LogP contribution in [0.1, 0.15) is 11.1 Å². The van der Waals surface area contributed by atoms with Crippen molar-refractivity contribution in [3.05, 3.63) is 66.0 Å². The smallest absolute Gasteiger partial charge is 0.244 e. The highest BCUT2D eigenvalue weighted by atomic mass is 16.1. The number of rotatable bonds is 5. The number of carbonyl (C=O) groups excluding carboxylic acids is 1. The number of pyridine rings is 1. The molecule has 0 unspecified atom stereocenters. The zero-order valence-electron chi connectivity index (χ0n) is 12.2. The lowest BCUT2D eigenvalue weighted by molar-refractivity contribution is -0.116. The summed E-state index contributed by atoms with van der Waals surface area (Å²) in [6.07, 6.45) is 6.60. The molecule has 0 aliphatic rings. The number of aromatic amines is 1. The quantitative estimate of drug-likeness (QED) is 0.698. The molecule has 2 N–H and O–H groups in total. The number of aromatic nitrogens is 5. The monoisotopic (exact) mass is 306 g/mol. The summed E-state index contributed by atoms with van der Waals surface area (Å²) in [6.45, 7) is 0.447. The third-order valence-electron chi connectivity index (χ3n) is 3.14. The van der Waals surface area contributed by atoms with Gasteiger partial charge in [-0.1, -0.05) is 30.3 Å². The highest BCUT2D eigenvalue weighted by molar-refractivity contribution is 5.91. The molecule has 1 amide bonds. The van der Waals surface area contributed by atoms with Crippen molar-refractivity contribution in [2.24, 2.45) is 0 Å². The highest BCUT2D eigenvalue weighted by Gasteiger charge is 2.03. The summed E-state index contributed by atoms with van der Waals surface area (Å²) in [6, 6.07) is 11.3. The minimum absolute atomic E-state index is 0.156. The molecule has 0 aliphatic carbocycles. The summed E-state index contributed by atoms with van der Waals surface area (Å²) in [7, 11) is 0. The standard InChI is InChI=1S/C16H14N6O/c23-15(8-5-12-2-1-9-17-10-12)18-11-13-3-6-14(7-4-13)16-19-21-22-20-16/h1-10H,11H2,(H,18,23)(H,19,20,21,22)/b8-5-. The van der Waals surface area contributed by atoms with Crippen molar-refractivity contribution in [2.75, 3.05) is 0 Å². The zero-order valence-corrected chi connectivity index (χ0v) is 12.2. The molecule has 23 heavy (non-hydrogen) atoms. The molecule has 0 radical (unpaired) electrons. The number of nitrogens with zero attached hydrogens (tertiary/aromatic N) is 4. The molecule has 114 valence electrons. The first-order valence-corrected chi connectivity index (χ1v) is 7.00. The fraction of sp³-hybridized carbons (Fsp3) is 0.0625. The van der Waals surface area contributed by atoms with E-state index in [1.165, 1.54) is 6.08 Å². The van der Waals surface area contributed by atoms with Crippen LogP contribution in [0.2, 0.25) is 0 Å². The summed E-state index contributed by atoms with van der Waals surface area (Å²) in [5.74, 6) is 0.385.